The molecule has 0 spiro atoms. The Hall–Kier alpha value is -2.62. The fourth-order valence-electron chi connectivity index (χ4n) is 2.08. The summed E-state index contributed by atoms with van der Waals surface area (Å²) >= 11 is 0. The van der Waals surface area contributed by atoms with E-state index in [2.05, 4.69) is 10.1 Å². The summed E-state index contributed by atoms with van der Waals surface area (Å²) in [7, 11) is 0. The lowest BCUT2D eigenvalue weighted by atomic mass is 10.2. The quantitative estimate of drug-likeness (QED) is 0.730. The highest BCUT2D eigenvalue weighted by Crippen LogP contribution is 2.19. The Morgan fingerprint density at radius 1 is 1.05 bits per heavy atom. The second-order valence-electron chi connectivity index (χ2n) is 5.05. The maximum Gasteiger partial charge on any atom is 0.119 e. The maximum absolute atomic E-state index is 5.64. The van der Waals surface area contributed by atoms with E-state index in [1.54, 1.807) is 6.20 Å². The Labute approximate surface area is 124 Å². The van der Waals surface area contributed by atoms with Crippen molar-refractivity contribution in [2.45, 2.75) is 20.0 Å². The lowest BCUT2D eigenvalue weighted by molar-refractivity contribution is 0.242. The summed E-state index contributed by atoms with van der Waals surface area (Å²) in [6.07, 6.45) is 5.75. The Morgan fingerprint density at radius 2 is 1.86 bits per heavy atom. The smallest absolute Gasteiger partial charge is 0.119 e. The number of hydrogen-bond acceptors (Lipinski definition) is 3. The van der Waals surface area contributed by atoms with Gasteiger partial charge in [0.15, 0.2) is 0 Å². The van der Waals surface area contributed by atoms with E-state index < -0.39 is 0 Å². The minimum absolute atomic E-state index is 0.177. The van der Waals surface area contributed by atoms with E-state index in [4.69, 9.17) is 4.74 Å². The molecular formula is C17H17N3O. The van der Waals surface area contributed by atoms with Gasteiger partial charge in [-0.3, -0.25) is 4.98 Å². The Bertz CT molecular complexity index is 702. The van der Waals surface area contributed by atoms with Gasteiger partial charge in [-0.2, -0.15) is 5.10 Å². The number of rotatable bonds is 4. The molecule has 0 saturated carbocycles. The highest BCUT2D eigenvalue weighted by Gasteiger charge is 2.04. The third kappa shape index (κ3) is 3.11. The molecule has 0 radical (unpaired) electrons. The molecule has 4 heteroatoms. The van der Waals surface area contributed by atoms with Crippen molar-refractivity contribution in [2.75, 3.05) is 0 Å². The maximum atomic E-state index is 5.64. The van der Waals surface area contributed by atoms with Gasteiger partial charge in [-0.1, -0.05) is 6.07 Å². The molecule has 3 aromatic rings. The average Bonchev–Trinajstić information content (AvgIpc) is 2.98. The van der Waals surface area contributed by atoms with Crippen molar-refractivity contribution in [2.24, 2.45) is 0 Å². The van der Waals surface area contributed by atoms with Crippen LogP contribution in [0.3, 0.4) is 0 Å². The predicted molar refractivity (Wildman–Crippen MR) is 82.6 cm³/mol. The number of benzene rings is 1. The molecule has 0 bridgehead atoms. The molecule has 2 aromatic heterocycles. The third-order valence-corrected chi connectivity index (χ3v) is 3.02. The number of pyridine rings is 1. The van der Waals surface area contributed by atoms with Crippen LogP contribution < -0.4 is 4.74 Å². The highest BCUT2D eigenvalue weighted by molar-refractivity contribution is 5.57. The lowest BCUT2D eigenvalue weighted by Gasteiger charge is -2.10. The number of aromatic nitrogens is 3. The van der Waals surface area contributed by atoms with Crippen LogP contribution in [0.5, 0.6) is 5.75 Å². The van der Waals surface area contributed by atoms with Crippen molar-refractivity contribution in [3.8, 4) is 22.7 Å². The fourth-order valence-corrected chi connectivity index (χ4v) is 2.08. The van der Waals surface area contributed by atoms with Gasteiger partial charge in [-0.15, -0.1) is 0 Å². The van der Waals surface area contributed by atoms with E-state index in [0.717, 1.165) is 22.7 Å². The first-order valence-corrected chi connectivity index (χ1v) is 6.95. The molecule has 4 nitrogen and oxygen atoms in total. The summed E-state index contributed by atoms with van der Waals surface area (Å²) in [5, 5.41) is 4.39. The zero-order valence-corrected chi connectivity index (χ0v) is 12.1. The standard InChI is InChI=1S/C17H17N3O/c1-13(2)21-16-8-6-15(7-9-16)20-12-14(11-19-20)17-5-3-4-10-18-17/h3-13H,1-2H3. The van der Waals surface area contributed by atoms with Gasteiger partial charge in [0.25, 0.3) is 0 Å². The molecule has 0 saturated heterocycles. The van der Waals surface area contributed by atoms with E-state index >= 15 is 0 Å². The minimum atomic E-state index is 0.177. The first-order chi connectivity index (χ1) is 10.2. The monoisotopic (exact) mass is 279 g/mol. The van der Waals surface area contributed by atoms with Crippen molar-refractivity contribution in [3.05, 3.63) is 61.1 Å². The zero-order valence-electron chi connectivity index (χ0n) is 12.1. The second kappa shape index (κ2) is 5.79. The highest BCUT2D eigenvalue weighted by atomic mass is 16.5. The van der Waals surface area contributed by atoms with Crippen LogP contribution >= 0.6 is 0 Å². The van der Waals surface area contributed by atoms with Gasteiger partial charge >= 0.3 is 0 Å². The van der Waals surface area contributed by atoms with Gasteiger partial charge < -0.3 is 4.74 Å². The van der Waals surface area contributed by atoms with Crippen molar-refractivity contribution >= 4 is 0 Å². The average molecular weight is 279 g/mol. The van der Waals surface area contributed by atoms with Gasteiger partial charge in [0, 0.05) is 18.0 Å². The molecule has 106 valence electrons. The molecule has 0 unspecified atom stereocenters. The van der Waals surface area contributed by atoms with Gasteiger partial charge in [0.1, 0.15) is 5.75 Å². The summed E-state index contributed by atoms with van der Waals surface area (Å²) in [6, 6.07) is 13.7. The van der Waals surface area contributed by atoms with Gasteiger partial charge in [-0.25, -0.2) is 4.68 Å². The Kier molecular flexibility index (Phi) is 3.69. The molecule has 0 aliphatic rings. The summed E-state index contributed by atoms with van der Waals surface area (Å²) in [4.78, 5) is 4.33. The molecule has 0 aliphatic carbocycles. The fraction of sp³-hybridized carbons (Fsp3) is 0.176. The topological polar surface area (TPSA) is 39.9 Å². The molecule has 0 N–H and O–H groups in total. The molecule has 0 atom stereocenters. The molecule has 3 rings (SSSR count). The first kappa shape index (κ1) is 13.4. The third-order valence-electron chi connectivity index (χ3n) is 3.02. The van der Waals surface area contributed by atoms with E-state index in [0.29, 0.717) is 0 Å². The van der Waals surface area contributed by atoms with Crippen LogP contribution in [0.4, 0.5) is 0 Å². The van der Waals surface area contributed by atoms with E-state index in [9.17, 15) is 0 Å². The minimum Gasteiger partial charge on any atom is -0.491 e. The summed E-state index contributed by atoms with van der Waals surface area (Å²) in [5.41, 5.74) is 2.91. The van der Waals surface area contributed by atoms with Crippen LogP contribution in [0.25, 0.3) is 16.9 Å². The molecular weight excluding hydrogens is 262 g/mol. The van der Waals surface area contributed by atoms with Crippen molar-refractivity contribution in [1.82, 2.24) is 14.8 Å². The van der Waals surface area contributed by atoms with Gasteiger partial charge in [-0.05, 0) is 50.2 Å². The molecule has 0 amide bonds. The van der Waals surface area contributed by atoms with Crippen LogP contribution in [0.2, 0.25) is 0 Å². The normalized spacial score (nSPS) is 10.8. The van der Waals surface area contributed by atoms with Gasteiger partial charge in [0.2, 0.25) is 0 Å². The van der Waals surface area contributed by atoms with Crippen molar-refractivity contribution < 1.29 is 4.74 Å². The molecule has 0 fully saturated rings. The van der Waals surface area contributed by atoms with Crippen molar-refractivity contribution in [1.29, 1.82) is 0 Å². The van der Waals surface area contributed by atoms with E-state index in [1.807, 2.05) is 73.4 Å². The van der Waals surface area contributed by atoms with E-state index in [1.165, 1.54) is 0 Å². The zero-order chi connectivity index (χ0) is 14.7. The number of ether oxygens (including phenoxy) is 1. The first-order valence-electron chi connectivity index (χ1n) is 6.95. The van der Waals surface area contributed by atoms with Crippen LogP contribution in [0, 0.1) is 0 Å². The number of nitrogens with zero attached hydrogens (tertiary/aromatic N) is 3. The summed E-state index contributed by atoms with van der Waals surface area (Å²) in [6.45, 7) is 4.03. The summed E-state index contributed by atoms with van der Waals surface area (Å²) in [5.74, 6) is 0.867. The largest absolute Gasteiger partial charge is 0.491 e. The van der Waals surface area contributed by atoms with Gasteiger partial charge in [0.05, 0.1) is 23.7 Å². The molecule has 1 aromatic carbocycles. The Morgan fingerprint density at radius 3 is 2.52 bits per heavy atom. The van der Waals surface area contributed by atoms with Crippen LogP contribution in [0.15, 0.2) is 61.1 Å². The molecule has 2 heterocycles. The van der Waals surface area contributed by atoms with Crippen LogP contribution in [0.1, 0.15) is 13.8 Å². The van der Waals surface area contributed by atoms with E-state index in [-0.39, 0.29) is 6.10 Å². The molecule has 0 aliphatic heterocycles. The predicted octanol–water partition coefficient (Wildman–Crippen LogP) is 3.72. The summed E-state index contributed by atoms with van der Waals surface area (Å²) < 4.78 is 7.48. The lowest BCUT2D eigenvalue weighted by Crippen LogP contribution is -2.05. The van der Waals surface area contributed by atoms with Crippen LogP contribution in [-0.4, -0.2) is 20.9 Å². The Balaban J connectivity index is 1.83. The molecule has 21 heavy (non-hydrogen) atoms. The van der Waals surface area contributed by atoms with Crippen LogP contribution in [-0.2, 0) is 0 Å². The second-order valence-corrected chi connectivity index (χ2v) is 5.05. The SMILES string of the molecule is CC(C)Oc1ccc(-n2cc(-c3ccccn3)cn2)cc1. The van der Waals surface area contributed by atoms with Crippen molar-refractivity contribution in [3.63, 3.8) is 0 Å². The number of hydrogen-bond donors (Lipinski definition) is 0.